The second kappa shape index (κ2) is 3.89. The van der Waals surface area contributed by atoms with E-state index < -0.39 is 0 Å². The molecule has 0 bridgehead atoms. The molecular weight excluding hydrogens is 204 g/mol. The number of aromatic amines is 1. The van der Waals surface area contributed by atoms with Crippen molar-refractivity contribution in [1.29, 1.82) is 0 Å². The first kappa shape index (κ1) is 8.71. The summed E-state index contributed by atoms with van der Waals surface area (Å²) in [6.45, 7) is 1.95. The summed E-state index contributed by atoms with van der Waals surface area (Å²) in [4.78, 5) is 7.16. The molecule has 2 aromatic rings. The lowest BCUT2D eigenvalue weighted by Crippen LogP contribution is -1.82. The average molecular weight is 212 g/mol. The summed E-state index contributed by atoms with van der Waals surface area (Å²) < 4.78 is 0.994. The minimum Gasteiger partial charge on any atom is -0.348 e. The Morgan fingerprint density at radius 2 is 2.46 bits per heavy atom. The van der Waals surface area contributed by atoms with E-state index in [1.807, 2.05) is 13.1 Å². The molecule has 0 aromatic carbocycles. The van der Waals surface area contributed by atoms with E-state index in [1.165, 1.54) is 0 Å². The van der Waals surface area contributed by atoms with E-state index >= 15 is 0 Å². The topological polar surface area (TPSA) is 54.5 Å². The van der Waals surface area contributed by atoms with Crippen LogP contribution in [0.1, 0.15) is 10.8 Å². The number of hydrogen-bond donors (Lipinski definition) is 1. The Bertz CT molecular complexity index is 368. The summed E-state index contributed by atoms with van der Waals surface area (Å²) in [5, 5.41) is 8.94. The van der Waals surface area contributed by atoms with Crippen molar-refractivity contribution in [3.8, 4) is 0 Å². The predicted molar refractivity (Wildman–Crippen MR) is 52.8 cm³/mol. The molecule has 0 amide bonds. The van der Waals surface area contributed by atoms with E-state index in [-0.39, 0.29) is 0 Å². The fourth-order valence-electron chi connectivity index (χ4n) is 0.844. The van der Waals surface area contributed by atoms with Crippen molar-refractivity contribution >= 4 is 23.1 Å². The second-order valence-corrected chi connectivity index (χ2v) is 4.82. The van der Waals surface area contributed by atoms with Gasteiger partial charge in [-0.15, -0.1) is 10.2 Å². The van der Waals surface area contributed by atoms with Gasteiger partial charge in [0.1, 0.15) is 10.8 Å². The van der Waals surface area contributed by atoms with Gasteiger partial charge in [-0.25, -0.2) is 4.98 Å². The largest absolute Gasteiger partial charge is 0.348 e. The molecule has 1 N–H and O–H groups in total. The number of H-pyrrole nitrogens is 1. The minimum absolute atomic E-state index is 0.821. The van der Waals surface area contributed by atoms with E-state index in [0.717, 1.165) is 20.9 Å². The third-order valence-electron chi connectivity index (χ3n) is 1.39. The lowest BCUT2D eigenvalue weighted by molar-refractivity contribution is 0.982. The maximum absolute atomic E-state index is 4.12. The highest BCUT2D eigenvalue weighted by Gasteiger charge is 2.02. The first-order valence-corrected chi connectivity index (χ1v) is 5.56. The summed E-state index contributed by atoms with van der Waals surface area (Å²) in [7, 11) is 0. The van der Waals surface area contributed by atoms with Crippen molar-refractivity contribution in [2.75, 3.05) is 0 Å². The maximum Gasteiger partial charge on any atom is 0.174 e. The molecule has 6 heteroatoms. The molecule has 13 heavy (non-hydrogen) atoms. The van der Waals surface area contributed by atoms with Gasteiger partial charge in [0.25, 0.3) is 0 Å². The molecule has 0 aliphatic heterocycles. The van der Waals surface area contributed by atoms with Crippen LogP contribution >= 0.6 is 23.1 Å². The zero-order chi connectivity index (χ0) is 9.10. The van der Waals surface area contributed by atoms with Crippen LogP contribution in [0.5, 0.6) is 0 Å². The summed E-state index contributed by atoms with van der Waals surface area (Å²) in [5.41, 5.74) is 0. The Morgan fingerprint density at radius 3 is 3.08 bits per heavy atom. The summed E-state index contributed by atoms with van der Waals surface area (Å²) in [6, 6.07) is 0. The normalized spacial score (nSPS) is 10.5. The van der Waals surface area contributed by atoms with Gasteiger partial charge in [0.2, 0.25) is 0 Å². The van der Waals surface area contributed by atoms with E-state index in [1.54, 1.807) is 29.3 Å². The smallest absolute Gasteiger partial charge is 0.174 e. The van der Waals surface area contributed by atoms with Gasteiger partial charge in [-0.05, 0) is 6.92 Å². The van der Waals surface area contributed by atoms with Crippen LogP contribution in [0.25, 0.3) is 0 Å². The molecule has 0 radical (unpaired) electrons. The molecule has 0 saturated carbocycles. The number of aryl methyl sites for hydroxylation is 1. The van der Waals surface area contributed by atoms with Crippen LogP contribution in [0.4, 0.5) is 0 Å². The Labute approximate surface area is 83.8 Å². The van der Waals surface area contributed by atoms with Crippen molar-refractivity contribution in [3.63, 3.8) is 0 Å². The fraction of sp³-hybridized carbons (Fsp3) is 0.286. The molecule has 68 valence electrons. The summed E-state index contributed by atoms with van der Waals surface area (Å²) in [6.07, 6.45) is 3.57. The lowest BCUT2D eigenvalue weighted by atomic mass is 10.7. The first-order valence-electron chi connectivity index (χ1n) is 3.76. The Hall–Kier alpha value is -0.880. The molecule has 0 unspecified atom stereocenters. The standard InChI is InChI=1S/C7H8N4S2/c1-5-10-11-7(13-5)12-4-6-8-2-3-9-6/h2-3H,4H2,1H3,(H,8,9). The van der Waals surface area contributed by atoms with Crippen LogP contribution in [0.2, 0.25) is 0 Å². The van der Waals surface area contributed by atoms with Crippen LogP contribution in [0.3, 0.4) is 0 Å². The van der Waals surface area contributed by atoms with Gasteiger partial charge in [-0.2, -0.15) is 0 Å². The van der Waals surface area contributed by atoms with E-state index in [2.05, 4.69) is 20.2 Å². The maximum atomic E-state index is 4.12. The third-order valence-corrected chi connectivity index (χ3v) is 3.38. The third kappa shape index (κ3) is 2.28. The monoisotopic (exact) mass is 212 g/mol. The molecule has 0 saturated heterocycles. The number of hydrogen-bond acceptors (Lipinski definition) is 5. The molecule has 0 fully saturated rings. The molecule has 2 heterocycles. The average Bonchev–Trinajstić information content (AvgIpc) is 2.71. The van der Waals surface area contributed by atoms with Gasteiger partial charge in [-0.1, -0.05) is 23.1 Å². The van der Waals surface area contributed by atoms with Crippen molar-refractivity contribution in [2.24, 2.45) is 0 Å². The van der Waals surface area contributed by atoms with E-state index in [4.69, 9.17) is 0 Å². The zero-order valence-electron chi connectivity index (χ0n) is 7.02. The van der Waals surface area contributed by atoms with Crippen molar-refractivity contribution < 1.29 is 0 Å². The van der Waals surface area contributed by atoms with E-state index in [9.17, 15) is 0 Å². The lowest BCUT2D eigenvalue weighted by Gasteiger charge is -1.91. The molecule has 0 spiro atoms. The second-order valence-electron chi connectivity index (χ2n) is 2.41. The van der Waals surface area contributed by atoms with Crippen molar-refractivity contribution in [3.05, 3.63) is 23.2 Å². The van der Waals surface area contributed by atoms with Crippen LogP contribution in [0, 0.1) is 6.92 Å². The van der Waals surface area contributed by atoms with Crippen LogP contribution in [-0.2, 0) is 5.75 Å². The molecule has 2 aromatic heterocycles. The Kier molecular flexibility index (Phi) is 2.60. The molecular formula is C7H8N4S2. The first-order chi connectivity index (χ1) is 6.34. The van der Waals surface area contributed by atoms with Crippen LogP contribution in [0.15, 0.2) is 16.7 Å². The van der Waals surface area contributed by atoms with Gasteiger partial charge in [0, 0.05) is 12.4 Å². The SMILES string of the molecule is Cc1nnc(SCc2ncc[nH]2)s1. The number of thioether (sulfide) groups is 1. The number of imidazole rings is 1. The highest BCUT2D eigenvalue weighted by Crippen LogP contribution is 2.24. The number of nitrogens with one attached hydrogen (secondary N) is 1. The van der Waals surface area contributed by atoms with Crippen molar-refractivity contribution in [1.82, 2.24) is 20.2 Å². The summed E-state index contributed by atoms with van der Waals surface area (Å²) in [5.74, 6) is 1.79. The van der Waals surface area contributed by atoms with Gasteiger partial charge in [-0.3, -0.25) is 0 Å². The van der Waals surface area contributed by atoms with Gasteiger partial charge < -0.3 is 4.98 Å². The summed E-state index contributed by atoms with van der Waals surface area (Å²) >= 11 is 3.26. The molecule has 0 aliphatic rings. The molecule has 4 nitrogen and oxygen atoms in total. The van der Waals surface area contributed by atoms with Crippen LogP contribution in [-0.4, -0.2) is 20.2 Å². The predicted octanol–water partition coefficient (Wildman–Crippen LogP) is 1.86. The number of aromatic nitrogens is 4. The van der Waals surface area contributed by atoms with Crippen LogP contribution < -0.4 is 0 Å². The van der Waals surface area contributed by atoms with Gasteiger partial charge in [0.05, 0.1) is 5.75 Å². The minimum atomic E-state index is 0.821. The molecule has 0 atom stereocenters. The molecule has 0 aliphatic carbocycles. The Morgan fingerprint density at radius 1 is 1.54 bits per heavy atom. The van der Waals surface area contributed by atoms with E-state index in [0.29, 0.717) is 0 Å². The quantitative estimate of drug-likeness (QED) is 0.789. The molecule has 2 rings (SSSR count). The fourth-order valence-corrected chi connectivity index (χ4v) is 2.55. The van der Waals surface area contributed by atoms with Gasteiger partial charge >= 0.3 is 0 Å². The highest BCUT2D eigenvalue weighted by molar-refractivity contribution is 8.00. The van der Waals surface area contributed by atoms with Gasteiger partial charge in [0.15, 0.2) is 4.34 Å². The Balaban J connectivity index is 1.93. The van der Waals surface area contributed by atoms with Crippen molar-refractivity contribution in [2.45, 2.75) is 17.0 Å². The zero-order valence-corrected chi connectivity index (χ0v) is 8.65. The highest BCUT2D eigenvalue weighted by atomic mass is 32.2. The number of rotatable bonds is 3. The number of nitrogens with zero attached hydrogens (tertiary/aromatic N) is 3.